The summed E-state index contributed by atoms with van der Waals surface area (Å²) in [4.78, 5) is 12.4. The van der Waals surface area contributed by atoms with Gasteiger partial charge in [0.1, 0.15) is 12.2 Å². The quantitative estimate of drug-likeness (QED) is 0.0327. The second-order valence-electron chi connectivity index (χ2n) is 14.7. The Morgan fingerprint density at radius 1 is 0.490 bits per heavy atom. The van der Waals surface area contributed by atoms with E-state index in [9.17, 15) is 25.2 Å². The van der Waals surface area contributed by atoms with Gasteiger partial charge in [0.15, 0.2) is 0 Å². The molecule has 0 aromatic carbocycles. The van der Waals surface area contributed by atoms with Crippen molar-refractivity contribution in [2.45, 2.75) is 237 Å². The summed E-state index contributed by atoms with van der Waals surface area (Å²) in [6, 6.07) is -1.00. The average Bonchev–Trinajstić information content (AvgIpc) is 3.11. The monoisotopic (exact) mass is 694 g/mol. The van der Waals surface area contributed by atoms with Gasteiger partial charge in [0.25, 0.3) is 0 Å². The molecule has 0 rings (SSSR count). The molecule has 0 radical (unpaired) electrons. The van der Waals surface area contributed by atoms with Crippen molar-refractivity contribution in [1.82, 2.24) is 5.32 Å². The summed E-state index contributed by atoms with van der Waals surface area (Å²) >= 11 is 0. The van der Waals surface area contributed by atoms with Gasteiger partial charge >= 0.3 is 0 Å². The van der Waals surface area contributed by atoms with Gasteiger partial charge in [-0.15, -0.1) is 0 Å². The lowest BCUT2D eigenvalue weighted by Gasteiger charge is -2.27. The molecule has 49 heavy (non-hydrogen) atoms. The van der Waals surface area contributed by atoms with E-state index >= 15 is 0 Å². The molecule has 0 fully saturated rings. The first-order chi connectivity index (χ1) is 24.0. The molecule has 6 nitrogen and oxygen atoms in total. The van der Waals surface area contributed by atoms with Crippen LogP contribution in [0.4, 0.5) is 0 Å². The molecule has 0 aliphatic heterocycles. The molecule has 4 unspecified atom stereocenters. The fraction of sp³-hybridized carbons (Fsp3) is 0.884. The zero-order chi connectivity index (χ0) is 36.0. The van der Waals surface area contributed by atoms with Gasteiger partial charge in [-0.1, -0.05) is 173 Å². The molecule has 6 heteroatoms. The largest absolute Gasteiger partial charge is 0.394 e. The van der Waals surface area contributed by atoms with Crippen molar-refractivity contribution in [2.24, 2.45) is 0 Å². The minimum absolute atomic E-state index is 0.349. The number of aliphatic hydroxyl groups excluding tert-OH is 4. The van der Waals surface area contributed by atoms with Crippen LogP contribution in [-0.2, 0) is 4.79 Å². The lowest BCUT2D eigenvalue weighted by molar-refractivity contribution is -0.132. The summed E-state index contributed by atoms with van der Waals surface area (Å²) in [7, 11) is 0. The fourth-order valence-corrected chi connectivity index (χ4v) is 6.46. The zero-order valence-corrected chi connectivity index (χ0v) is 32.4. The van der Waals surface area contributed by atoms with E-state index in [1.807, 2.05) is 0 Å². The SMILES string of the molecule is CCCCC/C=C\CCCCCCC(O)C(=O)NC(CO)C(O)C(O)CCC/C=C/CCCCCCCCCCCCCCCCCCC. The van der Waals surface area contributed by atoms with Crippen molar-refractivity contribution < 1.29 is 25.2 Å². The van der Waals surface area contributed by atoms with Crippen LogP contribution in [0.2, 0.25) is 0 Å². The summed E-state index contributed by atoms with van der Waals surface area (Å²) < 4.78 is 0. The number of hydrogen-bond donors (Lipinski definition) is 5. The maximum absolute atomic E-state index is 12.4. The molecule has 0 saturated heterocycles. The van der Waals surface area contributed by atoms with Crippen LogP contribution >= 0.6 is 0 Å². The van der Waals surface area contributed by atoms with Gasteiger partial charge in [0.05, 0.1) is 18.8 Å². The molecular weight excluding hydrogens is 610 g/mol. The Labute approximate surface area is 304 Å². The highest BCUT2D eigenvalue weighted by Gasteiger charge is 2.28. The molecule has 290 valence electrons. The Morgan fingerprint density at radius 2 is 0.837 bits per heavy atom. The van der Waals surface area contributed by atoms with Gasteiger partial charge in [-0.05, 0) is 64.2 Å². The van der Waals surface area contributed by atoms with E-state index in [1.54, 1.807) is 0 Å². The van der Waals surface area contributed by atoms with Gasteiger partial charge in [0, 0.05) is 0 Å². The Morgan fingerprint density at radius 3 is 1.27 bits per heavy atom. The van der Waals surface area contributed by atoms with Crippen molar-refractivity contribution in [1.29, 1.82) is 0 Å². The zero-order valence-electron chi connectivity index (χ0n) is 32.4. The van der Waals surface area contributed by atoms with Crippen molar-refractivity contribution in [3.63, 3.8) is 0 Å². The van der Waals surface area contributed by atoms with Crippen molar-refractivity contribution in [2.75, 3.05) is 6.61 Å². The van der Waals surface area contributed by atoms with Crippen LogP contribution in [0.1, 0.15) is 213 Å². The van der Waals surface area contributed by atoms with E-state index in [4.69, 9.17) is 0 Å². The normalized spacial score (nSPS) is 14.5. The minimum Gasteiger partial charge on any atom is -0.394 e. The minimum atomic E-state index is -1.28. The number of nitrogens with one attached hydrogen (secondary N) is 1. The predicted octanol–water partition coefficient (Wildman–Crippen LogP) is 10.8. The van der Waals surface area contributed by atoms with E-state index in [1.165, 1.54) is 128 Å². The smallest absolute Gasteiger partial charge is 0.249 e. The molecule has 0 aliphatic rings. The lowest BCUT2D eigenvalue weighted by atomic mass is 10.00. The first-order valence-corrected chi connectivity index (χ1v) is 21.2. The van der Waals surface area contributed by atoms with E-state index < -0.39 is 36.9 Å². The summed E-state index contributed by atoms with van der Waals surface area (Å²) in [5.41, 5.74) is 0. The Hall–Kier alpha value is -1.21. The molecule has 0 aromatic heterocycles. The molecule has 5 N–H and O–H groups in total. The highest BCUT2D eigenvalue weighted by Crippen LogP contribution is 2.15. The molecular formula is C43H83NO5. The number of aliphatic hydroxyl groups is 4. The number of amides is 1. The fourth-order valence-electron chi connectivity index (χ4n) is 6.46. The van der Waals surface area contributed by atoms with Crippen LogP contribution < -0.4 is 5.32 Å². The van der Waals surface area contributed by atoms with Crippen molar-refractivity contribution >= 4 is 5.91 Å². The number of carbonyl (C=O) groups is 1. The van der Waals surface area contributed by atoms with E-state index in [0.717, 1.165) is 57.8 Å². The third kappa shape index (κ3) is 32.4. The molecule has 4 atom stereocenters. The lowest BCUT2D eigenvalue weighted by Crippen LogP contribution is -2.53. The summed E-state index contributed by atoms with van der Waals surface area (Å²) in [5.74, 6) is -0.604. The molecule has 1 amide bonds. The highest BCUT2D eigenvalue weighted by atomic mass is 16.3. The second-order valence-corrected chi connectivity index (χ2v) is 14.7. The van der Waals surface area contributed by atoms with Gasteiger partial charge < -0.3 is 25.7 Å². The maximum Gasteiger partial charge on any atom is 0.249 e. The van der Waals surface area contributed by atoms with Crippen LogP contribution in [-0.4, -0.2) is 57.3 Å². The topological polar surface area (TPSA) is 110 Å². The number of hydrogen-bond acceptors (Lipinski definition) is 5. The Balaban J connectivity index is 3.75. The third-order valence-electron chi connectivity index (χ3n) is 9.88. The van der Waals surface area contributed by atoms with Crippen LogP contribution in [0.25, 0.3) is 0 Å². The molecule has 0 saturated carbocycles. The predicted molar refractivity (Wildman–Crippen MR) is 210 cm³/mol. The van der Waals surface area contributed by atoms with Crippen molar-refractivity contribution in [3.05, 3.63) is 24.3 Å². The van der Waals surface area contributed by atoms with E-state index in [0.29, 0.717) is 12.8 Å². The summed E-state index contributed by atoms with van der Waals surface area (Å²) in [6.45, 7) is 4.00. The second kappa shape index (κ2) is 38.0. The van der Waals surface area contributed by atoms with Gasteiger partial charge in [-0.2, -0.15) is 0 Å². The number of unbranched alkanes of at least 4 members (excludes halogenated alkanes) is 25. The van der Waals surface area contributed by atoms with Crippen LogP contribution in [0.5, 0.6) is 0 Å². The number of carbonyl (C=O) groups excluding carboxylic acids is 1. The molecule has 0 heterocycles. The molecule has 0 bridgehead atoms. The third-order valence-corrected chi connectivity index (χ3v) is 9.88. The molecule has 0 spiro atoms. The van der Waals surface area contributed by atoms with Crippen LogP contribution in [0, 0.1) is 0 Å². The van der Waals surface area contributed by atoms with Crippen molar-refractivity contribution in [3.8, 4) is 0 Å². The van der Waals surface area contributed by atoms with Gasteiger partial charge in [0.2, 0.25) is 5.91 Å². The molecule has 0 aliphatic carbocycles. The standard InChI is InChI=1S/C43H83NO5/c1-3-5-7-9-11-13-15-16-17-18-19-20-21-22-23-24-25-27-28-30-32-34-36-40(46)42(48)39(38-45)44-43(49)41(47)37-35-33-31-29-26-14-12-10-8-6-4-2/h12,14,28,30,39-42,45-48H,3-11,13,15-27,29,31-38H2,1-2H3,(H,44,49)/b14-12-,30-28+. The number of allylic oxidation sites excluding steroid dienone is 4. The Bertz CT molecular complexity index is 742. The number of rotatable bonds is 38. The first-order valence-electron chi connectivity index (χ1n) is 21.2. The van der Waals surface area contributed by atoms with E-state index in [-0.39, 0.29) is 0 Å². The van der Waals surface area contributed by atoms with E-state index in [2.05, 4.69) is 43.5 Å². The summed E-state index contributed by atoms with van der Waals surface area (Å²) in [6.07, 6.45) is 42.2. The van der Waals surface area contributed by atoms with Crippen LogP contribution in [0.15, 0.2) is 24.3 Å². The van der Waals surface area contributed by atoms with Gasteiger partial charge in [-0.3, -0.25) is 4.79 Å². The van der Waals surface area contributed by atoms with Crippen LogP contribution in [0.3, 0.4) is 0 Å². The highest BCUT2D eigenvalue weighted by molar-refractivity contribution is 5.80. The molecule has 0 aromatic rings. The Kier molecular flexibility index (Phi) is 37.1. The first kappa shape index (κ1) is 47.8. The average molecular weight is 694 g/mol. The van der Waals surface area contributed by atoms with Gasteiger partial charge in [-0.25, -0.2) is 0 Å². The maximum atomic E-state index is 12.4. The summed E-state index contributed by atoms with van der Waals surface area (Å²) in [5, 5.41) is 43.5.